The van der Waals surface area contributed by atoms with Gasteiger partial charge in [-0.2, -0.15) is 0 Å². The van der Waals surface area contributed by atoms with E-state index in [-0.39, 0.29) is 6.10 Å². The molecule has 13 heavy (non-hydrogen) atoms. The second kappa shape index (κ2) is 3.35. The lowest BCUT2D eigenvalue weighted by atomic mass is 9.86. The molecule has 2 rings (SSSR count). The van der Waals surface area contributed by atoms with E-state index in [4.69, 9.17) is 0 Å². The molecule has 68 valence electrons. The Morgan fingerprint density at radius 1 is 1.31 bits per heavy atom. The molecule has 1 nitrogen and oxygen atoms in total. The van der Waals surface area contributed by atoms with Crippen LogP contribution in [0.3, 0.4) is 0 Å². The lowest BCUT2D eigenvalue weighted by Crippen LogP contribution is -2.11. The van der Waals surface area contributed by atoms with E-state index in [0.29, 0.717) is 0 Å². The Balaban J connectivity index is 2.45. The zero-order valence-electron chi connectivity index (χ0n) is 7.83. The van der Waals surface area contributed by atoms with Crippen LogP contribution in [0.4, 0.5) is 0 Å². The van der Waals surface area contributed by atoms with Crippen LogP contribution in [0.2, 0.25) is 0 Å². The molecule has 0 aliphatic heterocycles. The number of hydrogen-bond donors (Lipinski definition) is 1. The lowest BCUT2D eigenvalue weighted by Gasteiger charge is -2.24. The van der Waals surface area contributed by atoms with Gasteiger partial charge in [-0.25, -0.2) is 0 Å². The molecule has 0 amide bonds. The quantitative estimate of drug-likeness (QED) is 0.599. The van der Waals surface area contributed by atoms with Crippen molar-refractivity contribution >= 4 is 0 Å². The smallest absolute Gasteiger partial charge is 0.100 e. The van der Waals surface area contributed by atoms with Crippen LogP contribution in [0.15, 0.2) is 35.9 Å². The summed E-state index contributed by atoms with van der Waals surface area (Å²) in [7, 11) is 0. The van der Waals surface area contributed by atoms with Gasteiger partial charge < -0.3 is 5.11 Å². The molecule has 1 heteroatoms. The first-order valence-corrected chi connectivity index (χ1v) is 4.74. The third-order valence-electron chi connectivity index (χ3n) is 2.75. The van der Waals surface area contributed by atoms with E-state index in [1.165, 1.54) is 5.56 Å². The van der Waals surface area contributed by atoms with Gasteiger partial charge in [0.1, 0.15) is 6.10 Å². The van der Waals surface area contributed by atoms with Gasteiger partial charge in [-0.3, -0.25) is 0 Å². The van der Waals surface area contributed by atoms with Crippen molar-refractivity contribution in [1.29, 1.82) is 0 Å². The SMILES string of the molecule is C/C=C1\CCc2ccccc2C1O. The molecule has 0 heterocycles. The van der Waals surface area contributed by atoms with Gasteiger partial charge in [-0.1, -0.05) is 30.3 Å². The third-order valence-corrected chi connectivity index (χ3v) is 2.75. The summed E-state index contributed by atoms with van der Waals surface area (Å²) in [5.41, 5.74) is 3.53. The highest BCUT2D eigenvalue weighted by Gasteiger charge is 2.20. The van der Waals surface area contributed by atoms with Gasteiger partial charge in [0.15, 0.2) is 0 Å². The van der Waals surface area contributed by atoms with Crippen LogP contribution in [0, 0.1) is 0 Å². The van der Waals surface area contributed by atoms with Gasteiger partial charge in [-0.15, -0.1) is 0 Å². The Morgan fingerprint density at radius 2 is 2.08 bits per heavy atom. The van der Waals surface area contributed by atoms with Crippen molar-refractivity contribution in [2.24, 2.45) is 0 Å². The molecule has 1 atom stereocenters. The molecule has 0 aromatic heterocycles. The van der Waals surface area contributed by atoms with E-state index in [0.717, 1.165) is 24.0 Å². The van der Waals surface area contributed by atoms with Crippen molar-refractivity contribution in [3.8, 4) is 0 Å². The van der Waals surface area contributed by atoms with Gasteiger partial charge in [0.2, 0.25) is 0 Å². The average molecular weight is 174 g/mol. The van der Waals surface area contributed by atoms with Crippen molar-refractivity contribution in [1.82, 2.24) is 0 Å². The van der Waals surface area contributed by atoms with Gasteiger partial charge in [0, 0.05) is 0 Å². The molecular formula is C12H14O. The maximum Gasteiger partial charge on any atom is 0.100 e. The predicted octanol–water partition coefficient (Wildman–Crippen LogP) is 2.61. The Bertz CT molecular complexity index is 339. The summed E-state index contributed by atoms with van der Waals surface area (Å²) in [5.74, 6) is 0. The highest BCUT2D eigenvalue weighted by molar-refractivity contribution is 5.37. The van der Waals surface area contributed by atoms with Crippen molar-refractivity contribution in [3.05, 3.63) is 47.0 Å². The fraction of sp³-hybridized carbons (Fsp3) is 0.333. The number of fused-ring (bicyclic) bond motifs is 1. The number of aliphatic hydroxyl groups is 1. The second-order valence-corrected chi connectivity index (χ2v) is 3.46. The molecule has 1 aromatic carbocycles. The summed E-state index contributed by atoms with van der Waals surface area (Å²) in [5, 5.41) is 9.95. The molecule has 0 radical (unpaired) electrons. The minimum Gasteiger partial charge on any atom is -0.384 e. The standard InChI is InChI=1S/C12H14O/c1-2-9-7-8-10-5-3-4-6-11(10)12(9)13/h2-6,12-13H,7-8H2,1H3/b9-2+. The second-order valence-electron chi connectivity index (χ2n) is 3.46. The van der Waals surface area contributed by atoms with Crippen molar-refractivity contribution in [2.75, 3.05) is 0 Å². The van der Waals surface area contributed by atoms with Crippen LogP contribution in [0.25, 0.3) is 0 Å². The van der Waals surface area contributed by atoms with E-state index >= 15 is 0 Å². The lowest BCUT2D eigenvalue weighted by molar-refractivity contribution is 0.204. The minimum atomic E-state index is -0.366. The Morgan fingerprint density at radius 3 is 2.85 bits per heavy atom. The van der Waals surface area contributed by atoms with Crippen LogP contribution in [0.1, 0.15) is 30.6 Å². The van der Waals surface area contributed by atoms with Crippen LogP contribution in [-0.2, 0) is 6.42 Å². The number of aliphatic hydroxyl groups excluding tert-OH is 1. The number of hydrogen-bond acceptors (Lipinski definition) is 1. The summed E-state index contributed by atoms with van der Waals surface area (Å²) in [6.07, 6.45) is 3.72. The maximum absolute atomic E-state index is 9.95. The zero-order valence-corrected chi connectivity index (χ0v) is 7.83. The normalized spacial score (nSPS) is 24.5. The van der Waals surface area contributed by atoms with Crippen LogP contribution in [0.5, 0.6) is 0 Å². The van der Waals surface area contributed by atoms with E-state index in [1.54, 1.807) is 0 Å². The largest absolute Gasteiger partial charge is 0.384 e. The van der Waals surface area contributed by atoms with E-state index in [1.807, 2.05) is 31.2 Å². The first kappa shape index (κ1) is 8.52. The zero-order chi connectivity index (χ0) is 9.26. The van der Waals surface area contributed by atoms with E-state index in [9.17, 15) is 5.11 Å². The number of aryl methyl sites for hydroxylation is 1. The average Bonchev–Trinajstić information content (AvgIpc) is 2.19. The third kappa shape index (κ3) is 1.40. The molecule has 0 fully saturated rings. The molecular weight excluding hydrogens is 160 g/mol. The Hall–Kier alpha value is -1.08. The molecule has 1 aliphatic carbocycles. The van der Waals surface area contributed by atoms with Gasteiger partial charge in [0.05, 0.1) is 0 Å². The summed E-state index contributed by atoms with van der Waals surface area (Å²) in [4.78, 5) is 0. The van der Waals surface area contributed by atoms with Gasteiger partial charge in [0.25, 0.3) is 0 Å². The summed E-state index contributed by atoms with van der Waals surface area (Å²) in [6.45, 7) is 1.99. The number of rotatable bonds is 0. The topological polar surface area (TPSA) is 20.2 Å². The van der Waals surface area contributed by atoms with Crippen molar-refractivity contribution < 1.29 is 5.11 Å². The fourth-order valence-corrected chi connectivity index (χ4v) is 1.95. The molecule has 0 saturated heterocycles. The van der Waals surface area contributed by atoms with Crippen LogP contribution >= 0.6 is 0 Å². The molecule has 1 N–H and O–H groups in total. The Kier molecular flexibility index (Phi) is 2.19. The minimum absolute atomic E-state index is 0.366. The monoisotopic (exact) mass is 174 g/mol. The number of allylic oxidation sites excluding steroid dienone is 1. The van der Waals surface area contributed by atoms with E-state index < -0.39 is 0 Å². The van der Waals surface area contributed by atoms with Gasteiger partial charge in [-0.05, 0) is 36.5 Å². The predicted molar refractivity (Wildman–Crippen MR) is 53.5 cm³/mol. The first-order chi connectivity index (χ1) is 6.33. The molecule has 1 aromatic rings. The fourth-order valence-electron chi connectivity index (χ4n) is 1.95. The van der Waals surface area contributed by atoms with Crippen LogP contribution in [-0.4, -0.2) is 5.11 Å². The van der Waals surface area contributed by atoms with Gasteiger partial charge >= 0.3 is 0 Å². The number of benzene rings is 1. The van der Waals surface area contributed by atoms with Crippen molar-refractivity contribution in [2.45, 2.75) is 25.9 Å². The molecule has 1 aliphatic rings. The van der Waals surface area contributed by atoms with E-state index in [2.05, 4.69) is 6.07 Å². The summed E-state index contributed by atoms with van der Waals surface area (Å²) < 4.78 is 0. The molecule has 0 saturated carbocycles. The highest BCUT2D eigenvalue weighted by Crippen LogP contribution is 2.33. The highest BCUT2D eigenvalue weighted by atomic mass is 16.3. The Labute approximate surface area is 78.7 Å². The van der Waals surface area contributed by atoms with Crippen LogP contribution < -0.4 is 0 Å². The first-order valence-electron chi connectivity index (χ1n) is 4.74. The molecule has 0 bridgehead atoms. The molecule has 1 unspecified atom stereocenters. The summed E-state index contributed by atoms with van der Waals surface area (Å²) >= 11 is 0. The molecule has 0 spiro atoms. The van der Waals surface area contributed by atoms with Crippen molar-refractivity contribution in [3.63, 3.8) is 0 Å². The summed E-state index contributed by atoms with van der Waals surface area (Å²) in [6, 6.07) is 8.14. The maximum atomic E-state index is 9.95.